The maximum atomic E-state index is 11.8. The maximum absolute atomic E-state index is 11.8. The van der Waals surface area contributed by atoms with Crippen LogP contribution < -0.4 is 16.8 Å². The van der Waals surface area contributed by atoms with E-state index < -0.39 is 42.9 Å². The highest BCUT2D eigenvalue weighted by molar-refractivity contribution is 5.87. The highest BCUT2D eigenvalue weighted by Gasteiger charge is 2.21. The van der Waals surface area contributed by atoms with Crippen LogP contribution in [-0.2, 0) is 14.4 Å². The minimum absolute atomic E-state index is 0.261. The van der Waals surface area contributed by atoms with Crippen molar-refractivity contribution < 1.29 is 24.3 Å². The standard InChI is InChI=1S/C10H18N4O5/c1-2-6(3-9(17)18)13-10(19)14(4-7(11)15)5-8(12)16/h6H,2-5H2,1H3,(H2,11,15)(H2,12,16)(H,13,19)(H,17,18). The number of carbonyl (C=O) groups excluding carboxylic acids is 3. The first kappa shape index (κ1) is 16.7. The van der Waals surface area contributed by atoms with Crippen LogP contribution in [0.25, 0.3) is 0 Å². The smallest absolute Gasteiger partial charge is 0.318 e. The minimum Gasteiger partial charge on any atom is -0.481 e. The van der Waals surface area contributed by atoms with Gasteiger partial charge in [0.1, 0.15) is 13.1 Å². The molecule has 19 heavy (non-hydrogen) atoms. The number of hydrogen-bond donors (Lipinski definition) is 4. The van der Waals surface area contributed by atoms with E-state index in [-0.39, 0.29) is 6.42 Å². The predicted molar refractivity (Wildman–Crippen MR) is 64.8 cm³/mol. The SMILES string of the molecule is CCC(CC(=O)O)NC(=O)N(CC(N)=O)CC(N)=O. The van der Waals surface area contributed by atoms with Gasteiger partial charge in [-0.1, -0.05) is 6.92 Å². The van der Waals surface area contributed by atoms with Crippen LogP contribution in [0, 0.1) is 0 Å². The summed E-state index contributed by atoms with van der Waals surface area (Å²) >= 11 is 0. The normalized spacial score (nSPS) is 11.4. The number of carboxylic acids is 1. The van der Waals surface area contributed by atoms with Crippen molar-refractivity contribution in [2.45, 2.75) is 25.8 Å². The summed E-state index contributed by atoms with van der Waals surface area (Å²) in [5.74, 6) is -2.67. The van der Waals surface area contributed by atoms with Crippen LogP contribution in [0.15, 0.2) is 0 Å². The Morgan fingerprint density at radius 1 is 1.16 bits per heavy atom. The lowest BCUT2D eigenvalue weighted by Crippen LogP contribution is -2.50. The predicted octanol–water partition coefficient (Wildman–Crippen LogP) is -1.78. The zero-order valence-electron chi connectivity index (χ0n) is 10.6. The third-order valence-corrected chi connectivity index (χ3v) is 2.22. The second kappa shape index (κ2) is 7.90. The molecule has 9 nitrogen and oxygen atoms in total. The molecular formula is C10H18N4O5. The molecule has 0 saturated heterocycles. The van der Waals surface area contributed by atoms with Gasteiger partial charge < -0.3 is 26.8 Å². The van der Waals surface area contributed by atoms with Crippen molar-refractivity contribution in [3.05, 3.63) is 0 Å². The summed E-state index contributed by atoms with van der Waals surface area (Å²) in [6, 6.07) is -1.36. The highest BCUT2D eigenvalue weighted by Crippen LogP contribution is 2.00. The molecule has 108 valence electrons. The van der Waals surface area contributed by atoms with Crippen LogP contribution in [0.4, 0.5) is 4.79 Å². The van der Waals surface area contributed by atoms with E-state index in [1.54, 1.807) is 6.92 Å². The molecular weight excluding hydrogens is 256 g/mol. The summed E-state index contributed by atoms with van der Waals surface area (Å²) < 4.78 is 0. The molecule has 0 aliphatic carbocycles. The van der Waals surface area contributed by atoms with Gasteiger partial charge in [-0.3, -0.25) is 14.4 Å². The van der Waals surface area contributed by atoms with Gasteiger partial charge in [0.2, 0.25) is 11.8 Å². The topological polar surface area (TPSA) is 156 Å². The number of nitrogens with one attached hydrogen (secondary N) is 1. The Morgan fingerprint density at radius 2 is 1.63 bits per heavy atom. The zero-order valence-corrected chi connectivity index (χ0v) is 10.6. The lowest BCUT2D eigenvalue weighted by Gasteiger charge is -2.23. The summed E-state index contributed by atoms with van der Waals surface area (Å²) in [5, 5.41) is 11.0. The highest BCUT2D eigenvalue weighted by atomic mass is 16.4. The number of carbonyl (C=O) groups is 4. The average Bonchev–Trinajstić information content (AvgIpc) is 2.25. The number of hydrogen-bond acceptors (Lipinski definition) is 4. The Hall–Kier alpha value is -2.32. The summed E-state index contributed by atoms with van der Waals surface area (Å²) in [5.41, 5.74) is 9.89. The first-order valence-electron chi connectivity index (χ1n) is 5.60. The van der Waals surface area contributed by atoms with Crippen LogP contribution in [-0.4, -0.2) is 53.0 Å². The number of primary amides is 2. The van der Waals surface area contributed by atoms with Crippen molar-refractivity contribution in [1.29, 1.82) is 0 Å². The Balaban J connectivity index is 4.64. The van der Waals surface area contributed by atoms with Crippen molar-refractivity contribution in [2.24, 2.45) is 11.5 Å². The van der Waals surface area contributed by atoms with Gasteiger partial charge in [0.15, 0.2) is 0 Å². The van der Waals surface area contributed by atoms with Crippen molar-refractivity contribution in [3.8, 4) is 0 Å². The van der Waals surface area contributed by atoms with Crippen molar-refractivity contribution in [1.82, 2.24) is 10.2 Å². The van der Waals surface area contributed by atoms with Crippen LogP contribution in [0.1, 0.15) is 19.8 Å². The first-order chi connectivity index (χ1) is 8.76. The average molecular weight is 274 g/mol. The van der Waals surface area contributed by atoms with Gasteiger partial charge in [-0.2, -0.15) is 0 Å². The molecule has 1 unspecified atom stereocenters. The van der Waals surface area contributed by atoms with Gasteiger partial charge in [0.05, 0.1) is 6.42 Å². The Bertz CT molecular complexity index is 355. The Morgan fingerprint density at radius 3 is 1.95 bits per heavy atom. The Labute approximate surface area is 109 Å². The molecule has 0 bridgehead atoms. The number of amides is 4. The number of rotatable bonds is 8. The van der Waals surface area contributed by atoms with E-state index >= 15 is 0 Å². The van der Waals surface area contributed by atoms with E-state index in [1.165, 1.54) is 0 Å². The molecule has 0 fully saturated rings. The third-order valence-electron chi connectivity index (χ3n) is 2.22. The molecule has 0 aliphatic heterocycles. The fraction of sp³-hybridized carbons (Fsp3) is 0.600. The maximum Gasteiger partial charge on any atom is 0.318 e. The molecule has 0 heterocycles. The number of urea groups is 1. The van der Waals surface area contributed by atoms with E-state index in [0.717, 1.165) is 4.90 Å². The second-order valence-electron chi connectivity index (χ2n) is 3.94. The lowest BCUT2D eigenvalue weighted by molar-refractivity contribution is -0.137. The molecule has 0 radical (unpaired) electrons. The fourth-order valence-corrected chi connectivity index (χ4v) is 1.35. The molecule has 0 spiro atoms. The lowest BCUT2D eigenvalue weighted by atomic mass is 10.1. The molecule has 0 aromatic rings. The van der Waals surface area contributed by atoms with E-state index in [2.05, 4.69) is 5.32 Å². The van der Waals surface area contributed by atoms with Gasteiger partial charge in [-0.05, 0) is 6.42 Å². The molecule has 0 rings (SSSR count). The second-order valence-corrected chi connectivity index (χ2v) is 3.94. The summed E-state index contributed by atoms with van der Waals surface area (Å²) in [6.45, 7) is 0.747. The van der Waals surface area contributed by atoms with Gasteiger partial charge in [-0.15, -0.1) is 0 Å². The molecule has 0 saturated carbocycles. The van der Waals surface area contributed by atoms with Gasteiger partial charge in [0, 0.05) is 6.04 Å². The van der Waals surface area contributed by atoms with Crippen LogP contribution in [0.2, 0.25) is 0 Å². The summed E-state index contributed by atoms with van der Waals surface area (Å²) in [4.78, 5) is 44.7. The quantitative estimate of drug-likeness (QED) is 0.411. The van der Waals surface area contributed by atoms with E-state index in [0.29, 0.717) is 6.42 Å². The molecule has 0 aromatic carbocycles. The monoisotopic (exact) mass is 274 g/mol. The molecule has 1 atom stereocenters. The first-order valence-corrected chi connectivity index (χ1v) is 5.60. The van der Waals surface area contributed by atoms with Crippen LogP contribution in [0.3, 0.4) is 0 Å². The molecule has 9 heteroatoms. The third kappa shape index (κ3) is 7.58. The van der Waals surface area contributed by atoms with Crippen molar-refractivity contribution in [3.63, 3.8) is 0 Å². The van der Waals surface area contributed by atoms with Gasteiger partial charge in [-0.25, -0.2) is 4.79 Å². The van der Waals surface area contributed by atoms with E-state index in [4.69, 9.17) is 16.6 Å². The zero-order chi connectivity index (χ0) is 15.0. The van der Waals surface area contributed by atoms with Gasteiger partial charge >= 0.3 is 12.0 Å². The van der Waals surface area contributed by atoms with Crippen molar-refractivity contribution >= 4 is 23.8 Å². The number of carboxylic acid groups (broad SMARTS) is 1. The number of nitrogens with two attached hydrogens (primary N) is 2. The van der Waals surface area contributed by atoms with Crippen LogP contribution in [0.5, 0.6) is 0 Å². The summed E-state index contributed by atoms with van der Waals surface area (Å²) in [7, 11) is 0. The molecule has 6 N–H and O–H groups in total. The molecule has 0 aliphatic rings. The Kier molecular flexibility index (Phi) is 6.94. The largest absolute Gasteiger partial charge is 0.481 e. The van der Waals surface area contributed by atoms with E-state index in [9.17, 15) is 19.2 Å². The van der Waals surface area contributed by atoms with Gasteiger partial charge in [0.25, 0.3) is 0 Å². The van der Waals surface area contributed by atoms with E-state index in [1.807, 2.05) is 0 Å². The molecule has 4 amide bonds. The van der Waals surface area contributed by atoms with Crippen LogP contribution >= 0.6 is 0 Å². The van der Waals surface area contributed by atoms with Crippen molar-refractivity contribution in [2.75, 3.05) is 13.1 Å². The number of nitrogens with zero attached hydrogens (tertiary/aromatic N) is 1. The number of aliphatic carboxylic acids is 1. The molecule has 0 aromatic heterocycles. The fourth-order valence-electron chi connectivity index (χ4n) is 1.35. The summed E-state index contributed by atoms with van der Waals surface area (Å²) in [6.07, 6.45) is 0.127. The minimum atomic E-state index is -1.07.